The van der Waals surface area contributed by atoms with E-state index >= 15 is 0 Å². The molecule has 0 bridgehead atoms. The number of aryl methyl sites for hydroxylation is 1. The van der Waals surface area contributed by atoms with Crippen molar-refractivity contribution in [3.8, 4) is 23.0 Å². The molecule has 1 amide bonds. The Labute approximate surface area is 227 Å². The summed E-state index contributed by atoms with van der Waals surface area (Å²) >= 11 is 0. The lowest BCUT2D eigenvalue weighted by molar-refractivity contribution is -0.0436. The molecule has 2 aromatic heterocycles. The molecule has 2 aromatic carbocycles. The molecule has 40 heavy (non-hydrogen) atoms. The van der Waals surface area contributed by atoms with Crippen molar-refractivity contribution in [2.45, 2.75) is 23.9 Å². The van der Waals surface area contributed by atoms with Crippen LogP contribution in [0.2, 0.25) is 0 Å². The van der Waals surface area contributed by atoms with Crippen LogP contribution in [0.5, 0.6) is 0 Å². The van der Waals surface area contributed by atoms with Gasteiger partial charge in [0.15, 0.2) is 5.69 Å². The van der Waals surface area contributed by atoms with Crippen molar-refractivity contribution >= 4 is 15.7 Å². The summed E-state index contributed by atoms with van der Waals surface area (Å²) in [6.07, 6.45) is 0. The Hall–Kier alpha value is -4.04. The minimum Gasteiger partial charge on any atom is -0.336 e. The van der Waals surface area contributed by atoms with E-state index in [2.05, 4.69) is 20.1 Å². The van der Waals surface area contributed by atoms with Crippen molar-refractivity contribution in [1.82, 2.24) is 29.7 Å². The van der Waals surface area contributed by atoms with Crippen LogP contribution in [0.15, 0.2) is 64.0 Å². The molecule has 0 saturated carbocycles. The third-order valence-corrected chi connectivity index (χ3v) is 8.15. The number of amides is 1. The van der Waals surface area contributed by atoms with Gasteiger partial charge in [-0.15, -0.1) is 0 Å². The molecule has 10 nitrogen and oxygen atoms in total. The Morgan fingerprint density at radius 2 is 1.73 bits per heavy atom. The number of sulfone groups is 1. The summed E-state index contributed by atoms with van der Waals surface area (Å²) in [4.78, 5) is 20.4. The molecule has 3 heterocycles. The molecule has 0 N–H and O–H groups in total. The lowest BCUT2D eigenvalue weighted by Crippen LogP contribution is -2.47. The van der Waals surface area contributed by atoms with Gasteiger partial charge >= 0.3 is 5.51 Å². The topological polar surface area (TPSA) is 114 Å². The number of piperazine rings is 1. The number of benzene rings is 2. The summed E-state index contributed by atoms with van der Waals surface area (Å²) in [6.45, 7) is 5.29. The number of alkyl halides is 3. The van der Waals surface area contributed by atoms with Crippen molar-refractivity contribution < 1.29 is 30.9 Å². The Morgan fingerprint density at radius 3 is 2.40 bits per heavy atom. The van der Waals surface area contributed by atoms with Crippen molar-refractivity contribution in [1.29, 1.82) is 0 Å². The molecule has 14 heteroatoms. The van der Waals surface area contributed by atoms with Gasteiger partial charge in [-0.05, 0) is 62.0 Å². The van der Waals surface area contributed by atoms with Crippen LogP contribution in [-0.2, 0) is 16.4 Å². The van der Waals surface area contributed by atoms with Crippen molar-refractivity contribution in [2.24, 2.45) is 0 Å². The summed E-state index contributed by atoms with van der Waals surface area (Å²) in [7, 11) is -3.42. The van der Waals surface area contributed by atoms with Crippen LogP contribution in [0, 0.1) is 6.92 Å². The molecule has 1 fully saturated rings. The summed E-state index contributed by atoms with van der Waals surface area (Å²) in [5.74, 6) is 0.145. The third-order valence-electron chi connectivity index (χ3n) is 6.65. The molecule has 1 saturated heterocycles. The number of aromatic nitrogens is 4. The van der Waals surface area contributed by atoms with Gasteiger partial charge in [-0.25, -0.2) is 8.42 Å². The Bertz CT molecular complexity index is 1640. The van der Waals surface area contributed by atoms with Crippen LogP contribution >= 0.6 is 0 Å². The van der Waals surface area contributed by atoms with E-state index in [-0.39, 0.29) is 23.2 Å². The number of halogens is 3. The molecule has 0 radical (unpaired) electrons. The number of nitrogens with zero attached hydrogens (tertiary/aromatic N) is 6. The lowest BCUT2D eigenvalue weighted by atomic mass is 10.1. The first kappa shape index (κ1) is 27.5. The van der Waals surface area contributed by atoms with Gasteiger partial charge in [-0.2, -0.15) is 23.3 Å². The minimum absolute atomic E-state index is 0.00439. The Kier molecular flexibility index (Phi) is 7.23. The highest BCUT2D eigenvalue weighted by Gasteiger charge is 2.46. The van der Waals surface area contributed by atoms with Crippen LogP contribution < -0.4 is 0 Å². The van der Waals surface area contributed by atoms with Crippen LogP contribution in [0.25, 0.3) is 23.0 Å². The highest BCUT2D eigenvalue weighted by molar-refractivity contribution is 7.92. The highest BCUT2D eigenvalue weighted by atomic mass is 32.2. The smallest absolute Gasteiger partial charge is 0.336 e. The lowest BCUT2D eigenvalue weighted by Gasteiger charge is -2.32. The van der Waals surface area contributed by atoms with Crippen LogP contribution in [-0.4, -0.2) is 82.8 Å². The predicted molar refractivity (Wildman–Crippen MR) is 138 cm³/mol. The third kappa shape index (κ3) is 5.49. The first-order chi connectivity index (χ1) is 18.9. The van der Waals surface area contributed by atoms with Crippen LogP contribution in [0.4, 0.5) is 13.2 Å². The van der Waals surface area contributed by atoms with Crippen molar-refractivity contribution in [3.63, 3.8) is 0 Å². The van der Waals surface area contributed by atoms with E-state index in [4.69, 9.17) is 4.52 Å². The largest absolute Gasteiger partial charge is 0.501 e. The fourth-order valence-corrected chi connectivity index (χ4v) is 5.07. The second kappa shape index (κ2) is 10.5. The number of carbonyl (C=O) groups excluding carboxylic acids is 1. The maximum Gasteiger partial charge on any atom is 0.501 e. The fourth-order valence-electron chi connectivity index (χ4n) is 4.30. The van der Waals surface area contributed by atoms with Crippen LogP contribution in [0.3, 0.4) is 0 Å². The molecule has 0 aliphatic carbocycles. The van der Waals surface area contributed by atoms with E-state index in [0.29, 0.717) is 30.9 Å². The second-order valence-corrected chi connectivity index (χ2v) is 11.5. The van der Waals surface area contributed by atoms with Crippen LogP contribution in [0.1, 0.15) is 21.6 Å². The number of rotatable bonds is 6. The van der Waals surface area contributed by atoms with E-state index < -0.39 is 20.2 Å². The average molecular weight is 575 g/mol. The van der Waals surface area contributed by atoms with Gasteiger partial charge < -0.3 is 14.3 Å². The molecule has 4 aromatic rings. The molecule has 0 unspecified atom stereocenters. The summed E-state index contributed by atoms with van der Waals surface area (Å²) in [5.41, 5.74) is -2.44. The van der Waals surface area contributed by atoms with E-state index in [1.165, 1.54) is 12.1 Å². The van der Waals surface area contributed by atoms with E-state index in [1.54, 1.807) is 16.8 Å². The molecule has 1 aliphatic rings. The van der Waals surface area contributed by atoms with Crippen molar-refractivity contribution in [2.75, 3.05) is 33.2 Å². The Balaban J connectivity index is 1.31. The first-order valence-electron chi connectivity index (χ1n) is 12.3. The number of hydrogen-bond acceptors (Lipinski definition) is 8. The van der Waals surface area contributed by atoms with Gasteiger partial charge in [-0.1, -0.05) is 17.3 Å². The highest BCUT2D eigenvalue weighted by Crippen LogP contribution is 2.31. The van der Waals surface area contributed by atoms with E-state index in [0.717, 1.165) is 36.5 Å². The second-order valence-electron chi connectivity index (χ2n) is 9.52. The Morgan fingerprint density at radius 1 is 1.02 bits per heavy atom. The summed E-state index contributed by atoms with van der Waals surface area (Å²) in [6, 6.07) is 13.2. The normalized spacial score (nSPS) is 15.0. The number of likely N-dealkylation sites (N-methyl/N-ethyl adjacent to an activating group) is 1. The van der Waals surface area contributed by atoms with Crippen molar-refractivity contribution in [3.05, 3.63) is 71.4 Å². The zero-order valence-corrected chi connectivity index (χ0v) is 22.4. The standard InChI is InChI=1S/C26H25F3N6O4S/c1-17-14-22(24-30-23(32-39-24)19-6-8-21(9-7-19)40(37,38)26(27,28)29)31-35(17)16-18-4-3-5-20(15-18)25(36)34-12-10-33(2)11-13-34/h3-9,14-15H,10-13,16H2,1-2H3. The van der Waals surface area contributed by atoms with Gasteiger partial charge in [0.1, 0.15) is 0 Å². The monoisotopic (exact) mass is 574 g/mol. The molecule has 1 aliphatic heterocycles. The number of hydrogen-bond donors (Lipinski definition) is 0. The van der Waals surface area contributed by atoms with Gasteiger partial charge in [-0.3, -0.25) is 9.48 Å². The first-order valence-corrected chi connectivity index (χ1v) is 13.8. The van der Waals surface area contributed by atoms with Gasteiger partial charge in [0, 0.05) is 43.0 Å². The maximum absolute atomic E-state index is 13.0. The van der Waals surface area contributed by atoms with Gasteiger partial charge in [0.25, 0.3) is 21.6 Å². The zero-order valence-electron chi connectivity index (χ0n) is 21.6. The quantitative estimate of drug-likeness (QED) is 0.343. The molecular formula is C26H25F3N6O4S. The molecule has 0 atom stereocenters. The number of carbonyl (C=O) groups is 1. The fraction of sp³-hybridized carbons (Fsp3) is 0.308. The minimum atomic E-state index is -5.46. The van der Waals surface area contributed by atoms with Gasteiger partial charge in [0.2, 0.25) is 5.82 Å². The predicted octanol–water partition coefficient (Wildman–Crippen LogP) is 3.64. The average Bonchev–Trinajstić information content (AvgIpc) is 3.55. The zero-order chi connectivity index (χ0) is 28.7. The van der Waals surface area contributed by atoms with Gasteiger partial charge in [0.05, 0.1) is 11.4 Å². The molecule has 0 spiro atoms. The summed E-state index contributed by atoms with van der Waals surface area (Å²) < 4.78 is 68.6. The molecule has 210 valence electrons. The maximum atomic E-state index is 13.0. The molecule has 5 rings (SSSR count). The van der Waals surface area contributed by atoms with E-state index in [9.17, 15) is 26.4 Å². The summed E-state index contributed by atoms with van der Waals surface area (Å²) in [5, 5.41) is 8.40. The van der Waals surface area contributed by atoms with E-state index in [1.807, 2.05) is 37.1 Å². The molecular weight excluding hydrogens is 549 g/mol. The SMILES string of the molecule is Cc1cc(-c2nc(-c3ccc(S(=O)(=O)C(F)(F)F)cc3)no2)nn1Cc1cccc(C(=O)N2CCN(C)CC2)c1.